The Hall–Kier alpha value is -2.50. The molecule has 130 valence electrons. The predicted molar refractivity (Wildman–Crippen MR) is 69.4 cm³/mol. The van der Waals surface area contributed by atoms with Crippen molar-refractivity contribution in [2.45, 2.75) is 12.4 Å². The Bertz CT molecular complexity index is 712. The molecule has 0 spiro atoms. The normalized spacial score (nSPS) is 11.4. The van der Waals surface area contributed by atoms with E-state index in [9.17, 15) is 31.1 Å². The molecule has 0 aliphatic carbocycles. The van der Waals surface area contributed by atoms with Crippen molar-refractivity contribution in [2.24, 2.45) is 0 Å². The standard InChI is InChI=1S/C10H5F3N2OS.C2HF3O2/c11-10(12,13)8(16)7-5-15-9(17-7)6-1-3-14-4-2-6;3-2(4,5)1(6)7/h1-5H;(H,6,7). The average Bonchev–Trinajstić information content (AvgIpc) is 2.95. The van der Waals surface area contributed by atoms with Crippen molar-refractivity contribution in [1.82, 2.24) is 9.97 Å². The number of carbonyl (C=O) groups is 2. The Morgan fingerprint density at radius 2 is 1.50 bits per heavy atom. The minimum absolute atomic E-state index is 0.361. The lowest BCUT2D eigenvalue weighted by Gasteiger charge is -2.00. The molecule has 5 nitrogen and oxygen atoms in total. The molecule has 0 aromatic carbocycles. The van der Waals surface area contributed by atoms with Crippen LogP contribution in [0.2, 0.25) is 0 Å². The molecule has 2 rings (SSSR count). The Morgan fingerprint density at radius 1 is 1.00 bits per heavy atom. The van der Waals surface area contributed by atoms with E-state index in [0.29, 0.717) is 21.9 Å². The topological polar surface area (TPSA) is 80.1 Å². The summed E-state index contributed by atoms with van der Waals surface area (Å²) in [5.74, 6) is -4.62. The summed E-state index contributed by atoms with van der Waals surface area (Å²) in [6.45, 7) is 0. The summed E-state index contributed by atoms with van der Waals surface area (Å²) in [6.07, 6.45) is -6.00. The van der Waals surface area contributed by atoms with Crippen LogP contribution < -0.4 is 0 Å². The minimum atomic E-state index is -5.08. The van der Waals surface area contributed by atoms with E-state index in [-0.39, 0.29) is 0 Å². The van der Waals surface area contributed by atoms with Crippen molar-refractivity contribution in [3.8, 4) is 10.6 Å². The van der Waals surface area contributed by atoms with E-state index in [4.69, 9.17) is 9.90 Å². The van der Waals surface area contributed by atoms with Crippen LogP contribution in [-0.2, 0) is 4.79 Å². The molecule has 12 heteroatoms. The Morgan fingerprint density at radius 3 is 1.92 bits per heavy atom. The van der Waals surface area contributed by atoms with Gasteiger partial charge in [-0.25, -0.2) is 9.78 Å². The molecular weight excluding hydrogens is 366 g/mol. The Labute approximate surface area is 133 Å². The molecule has 0 bridgehead atoms. The van der Waals surface area contributed by atoms with E-state index >= 15 is 0 Å². The van der Waals surface area contributed by atoms with Gasteiger partial charge in [0.05, 0.1) is 0 Å². The average molecular weight is 372 g/mol. The van der Waals surface area contributed by atoms with Gasteiger partial charge in [-0.1, -0.05) is 0 Å². The van der Waals surface area contributed by atoms with Crippen LogP contribution in [0.15, 0.2) is 30.7 Å². The molecule has 0 fully saturated rings. The highest BCUT2D eigenvalue weighted by Gasteiger charge is 2.40. The van der Waals surface area contributed by atoms with Crippen LogP contribution in [0.3, 0.4) is 0 Å². The van der Waals surface area contributed by atoms with Crippen LogP contribution in [0.25, 0.3) is 10.6 Å². The zero-order chi connectivity index (χ0) is 18.5. The fourth-order valence-electron chi connectivity index (χ4n) is 1.15. The molecule has 0 radical (unpaired) electrons. The number of rotatable bonds is 2. The monoisotopic (exact) mass is 372 g/mol. The number of halogens is 6. The first-order chi connectivity index (χ1) is 10.9. The molecule has 0 unspecified atom stereocenters. The van der Waals surface area contributed by atoms with E-state index in [1.807, 2.05) is 0 Å². The number of Topliss-reactive ketones (excluding diaryl/α,β-unsaturated/α-hetero) is 1. The maximum Gasteiger partial charge on any atom is 0.490 e. The molecule has 2 heterocycles. The van der Waals surface area contributed by atoms with Crippen molar-refractivity contribution in [3.63, 3.8) is 0 Å². The molecule has 0 amide bonds. The number of aromatic nitrogens is 2. The van der Waals surface area contributed by atoms with Crippen molar-refractivity contribution < 1.29 is 41.0 Å². The smallest absolute Gasteiger partial charge is 0.475 e. The summed E-state index contributed by atoms with van der Waals surface area (Å²) in [4.78, 5) is 27.0. The van der Waals surface area contributed by atoms with E-state index in [1.54, 1.807) is 12.1 Å². The third kappa shape index (κ3) is 5.61. The number of aliphatic carboxylic acids is 1. The van der Waals surface area contributed by atoms with Gasteiger partial charge < -0.3 is 5.11 Å². The van der Waals surface area contributed by atoms with Crippen molar-refractivity contribution in [3.05, 3.63) is 35.6 Å². The summed E-state index contributed by atoms with van der Waals surface area (Å²) in [6, 6.07) is 3.22. The van der Waals surface area contributed by atoms with Gasteiger partial charge >= 0.3 is 18.3 Å². The molecule has 0 aliphatic heterocycles. The Kier molecular flexibility index (Phi) is 6.01. The number of carbonyl (C=O) groups excluding carboxylic acids is 1. The lowest BCUT2D eigenvalue weighted by atomic mass is 10.3. The fraction of sp³-hybridized carbons (Fsp3) is 0.167. The fourth-order valence-corrected chi connectivity index (χ4v) is 2.03. The molecule has 0 saturated heterocycles. The number of carboxylic acid groups (broad SMARTS) is 1. The van der Waals surface area contributed by atoms with Crippen LogP contribution in [0.5, 0.6) is 0 Å². The summed E-state index contributed by atoms with van der Waals surface area (Å²) < 4.78 is 68.2. The van der Waals surface area contributed by atoms with Gasteiger partial charge in [0.2, 0.25) is 0 Å². The number of hydrogen-bond donors (Lipinski definition) is 1. The lowest BCUT2D eigenvalue weighted by molar-refractivity contribution is -0.192. The summed E-state index contributed by atoms with van der Waals surface area (Å²) in [5.41, 5.74) is 0.631. The lowest BCUT2D eigenvalue weighted by Crippen LogP contribution is -2.21. The van der Waals surface area contributed by atoms with Gasteiger partial charge in [0.1, 0.15) is 9.88 Å². The number of ketones is 1. The van der Waals surface area contributed by atoms with Gasteiger partial charge in [0.15, 0.2) is 0 Å². The maximum atomic E-state index is 12.2. The third-order valence-corrected chi connectivity index (χ3v) is 3.20. The zero-order valence-electron chi connectivity index (χ0n) is 11.2. The predicted octanol–water partition coefficient (Wildman–Crippen LogP) is 3.58. The minimum Gasteiger partial charge on any atom is -0.475 e. The molecule has 24 heavy (non-hydrogen) atoms. The first-order valence-corrected chi connectivity index (χ1v) is 6.52. The first-order valence-electron chi connectivity index (χ1n) is 5.70. The molecule has 2 aromatic rings. The number of nitrogens with zero attached hydrogens (tertiary/aromatic N) is 2. The molecule has 0 atom stereocenters. The van der Waals surface area contributed by atoms with Gasteiger partial charge in [-0.3, -0.25) is 9.78 Å². The van der Waals surface area contributed by atoms with Crippen LogP contribution in [0, 0.1) is 0 Å². The number of hydrogen-bond acceptors (Lipinski definition) is 5. The van der Waals surface area contributed by atoms with Gasteiger partial charge in [-0.05, 0) is 12.1 Å². The molecule has 0 aliphatic rings. The zero-order valence-corrected chi connectivity index (χ0v) is 12.0. The van der Waals surface area contributed by atoms with E-state index < -0.39 is 29.0 Å². The molecule has 2 aromatic heterocycles. The summed E-state index contributed by atoms with van der Waals surface area (Å²) in [7, 11) is 0. The van der Waals surface area contributed by atoms with Crippen molar-refractivity contribution in [1.29, 1.82) is 0 Å². The van der Waals surface area contributed by atoms with Crippen LogP contribution in [0.1, 0.15) is 9.67 Å². The van der Waals surface area contributed by atoms with Crippen LogP contribution >= 0.6 is 11.3 Å². The van der Waals surface area contributed by atoms with E-state index in [0.717, 1.165) is 6.20 Å². The first kappa shape index (κ1) is 19.5. The number of thiazole rings is 1. The quantitative estimate of drug-likeness (QED) is 0.644. The highest BCUT2D eigenvalue weighted by molar-refractivity contribution is 7.17. The highest BCUT2D eigenvalue weighted by Crippen LogP contribution is 2.29. The van der Waals surface area contributed by atoms with Crippen molar-refractivity contribution in [2.75, 3.05) is 0 Å². The molecule has 0 saturated carbocycles. The van der Waals surface area contributed by atoms with Crippen LogP contribution in [0.4, 0.5) is 26.3 Å². The molecular formula is C12H6F6N2O3S. The van der Waals surface area contributed by atoms with Crippen molar-refractivity contribution >= 4 is 23.1 Å². The second kappa shape index (κ2) is 7.38. The maximum absolute atomic E-state index is 12.2. The van der Waals surface area contributed by atoms with Crippen LogP contribution in [-0.4, -0.2) is 39.2 Å². The molecule has 1 N–H and O–H groups in total. The van der Waals surface area contributed by atoms with E-state index in [2.05, 4.69) is 9.97 Å². The van der Waals surface area contributed by atoms with E-state index in [1.165, 1.54) is 12.4 Å². The number of carboxylic acids is 1. The summed E-state index contributed by atoms with van der Waals surface area (Å²) in [5, 5.41) is 7.49. The second-order valence-corrected chi connectivity index (χ2v) is 4.93. The largest absolute Gasteiger partial charge is 0.490 e. The third-order valence-electron chi connectivity index (χ3n) is 2.16. The Balaban J connectivity index is 0.000000351. The van der Waals surface area contributed by atoms with Gasteiger partial charge in [-0.15, -0.1) is 11.3 Å². The highest BCUT2D eigenvalue weighted by atomic mass is 32.1. The number of alkyl halides is 6. The summed E-state index contributed by atoms with van der Waals surface area (Å²) >= 11 is 0.713. The van der Waals surface area contributed by atoms with Gasteiger partial charge in [-0.2, -0.15) is 26.3 Å². The number of pyridine rings is 1. The second-order valence-electron chi connectivity index (χ2n) is 3.90. The van der Waals surface area contributed by atoms with Gasteiger partial charge in [0.25, 0.3) is 5.78 Å². The van der Waals surface area contributed by atoms with Gasteiger partial charge in [0, 0.05) is 24.2 Å². The SMILES string of the molecule is O=C(O)C(F)(F)F.O=C(c1cnc(-c2ccncc2)s1)C(F)(F)F.